The Morgan fingerprint density at radius 2 is 2.12 bits per heavy atom. The number of aromatic amines is 1. The van der Waals surface area contributed by atoms with Gasteiger partial charge in [-0.15, -0.1) is 0 Å². The molecule has 0 saturated carbocycles. The van der Waals surface area contributed by atoms with Gasteiger partial charge in [-0.3, -0.25) is 0 Å². The quantitative estimate of drug-likeness (QED) is 0.579. The van der Waals surface area contributed by atoms with Crippen LogP contribution >= 0.6 is 0 Å². The second-order valence-corrected chi connectivity index (χ2v) is 3.83. The van der Waals surface area contributed by atoms with Crippen molar-refractivity contribution in [2.24, 2.45) is 0 Å². The zero-order chi connectivity index (χ0) is 11.8. The number of nitrogen functional groups attached to an aromatic ring is 1. The molecule has 4 nitrogen and oxygen atoms in total. The molecule has 3 N–H and O–H groups in total. The van der Waals surface area contributed by atoms with E-state index >= 15 is 0 Å². The number of cyclic esters (lactones) is 1. The Balaban J connectivity index is 2.10. The van der Waals surface area contributed by atoms with Crippen LogP contribution in [0.15, 0.2) is 36.5 Å². The maximum atomic E-state index is 11.6. The molecule has 1 aliphatic rings. The number of aromatic nitrogens is 1. The van der Waals surface area contributed by atoms with Gasteiger partial charge in [0.2, 0.25) is 0 Å². The highest BCUT2D eigenvalue weighted by Gasteiger charge is 2.26. The van der Waals surface area contributed by atoms with Crippen LogP contribution in [0.2, 0.25) is 0 Å². The first kappa shape index (κ1) is 9.72. The highest BCUT2D eigenvalue weighted by molar-refractivity contribution is 6.06. The SMILES string of the molecule is Nc1ccc2c(c1)C(=O)O/C2=C\c1ccc[nH]1. The van der Waals surface area contributed by atoms with Gasteiger partial charge in [0.05, 0.1) is 5.56 Å². The largest absolute Gasteiger partial charge is 0.422 e. The molecule has 0 aliphatic carbocycles. The average Bonchev–Trinajstić information content (AvgIpc) is 2.89. The summed E-state index contributed by atoms with van der Waals surface area (Å²) in [7, 11) is 0. The van der Waals surface area contributed by atoms with E-state index in [1.807, 2.05) is 18.3 Å². The topological polar surface area (TPSA) is 68.1 Å². The maximum Gasteiger partial charge on any atom is 0.344 e. The number of benzene rings is 1. The molecule has 0 unspecified atom stereocenters. The van der Waals surface area contributed by atoms with Crippen molar-refractivity contribution in [3.05, 3.63) is 53.3 Å². The van der Waals surface area contributed by atoms with Gasteiger partial charge in [-0.25, -0.2) is 4.79 Å². The Kier molecular flexibility index (Phi) is 2.01. The van der Waals surface area contributed by atoms with Crippen molar-refractivity contribution in [3.8, 4) is 0 Å². The third-order valence-electron chi connectivity index (χ3n) is 2.64. The second-order valence-electron chi connectivity index (χ2n) is 3.83. The van der Waals surface area contributed by atoms with Crippen LogP contribution in [0.3, 0.4) is 0 Å². The first-order chi connectivity index (χ1) is 8.24. The normalized spacial score (nSPS) is 16.0. The minimum Gasteiger partial charge on any atom is -0.422 e. The lowest BCUT2D eigenvalue weighted by molar-refractivity contribution is 0.0717. The number of carbonyl (C=O) groups is 1. The zero-order valence-electron chi connectivity index (χ0n) is 8.94. The summed E-state index contributed by atoms with van der Waals surface area (Å²) in [5.41, 5.74) is 8.38. The molecule has 1 aromatic heterocycles. The summed E-state index contributed by atoms with van der Waals surface area (Å²) in [6.45, 7) is 0. The number of hydrogen-bond donors (Lipinski definition) is 2. The first-order valence-corrected chi connectivity index (χ1v) is 5.21. The van der Waals surface area contributed by atoms with Crippen LogP contribution in [0.4, 0.5) is 5.69 Å². The fraction of sp³-hybridized carbons (Fsp3) is 0. The zero-order valence-corrected chi connectivity index (χ0v) is 8.94. The molecular weight excluding hydrogens is 216 g/mol. The molecule has 0 amide bonds. The molecule has 1 aromatic carbocycles. The molecule has 0 fully saturated rings. The van der Waals surface area contributed by atoms with Gasteiger partial charge in [0, 0.05) is 29.2 Å². The van der Waals surface area contributed by atoms with Crippen molar-refractivity contribution in [3.63, 3.8) is 0 Å². The smallest absolute Gasteiger partial charge is 0.344 e. The summed E-state index contributed by atoms with van der Waals surface area (Å²) in [5.74, 6) is 0.192. The lowest BCUT2D eigenvalue weighted by atomic mass is 10.1. The number of carbonyl (C=O) groups excluding carboxylic acids is 1. The Morgan fingerprint density at radius 1 is 1.24 bits per heavy atom. The van der Waals surface area contributed by atoms with Crippen LogP contribution in [0.1, 0.15) is 21.6 Å². The van der Waals surface area contributed by atoms with E-state index in [1.165, 1.54) is 0 Å². The Hall–Kier alpha value is -2.49. The minimum atomic E-state index is -0.356. The molecule has 2 heterocycles. The highest BCUT2D eigenvalue weighted by atomic mass is 16.5. The van der Waals surface area contributed by atoms with Crippen LogP contribution < -0.4 is 5.73 Å². The van der Waals surface area contributed by atoms with Crippen molar-refractivity contribution >= 4 is 23.5 Å². The van der Waals surface area contributed by atoms with Crippen LogP contribution in [-0.4, -0.2) is 11.0 Å². The summed E-state index contributed by atoms with van der Waals surface area (Å²) in [4.78, 5) is 14.7. The molecule has 0 saturated heterocycles. The molecule has 1 aliphatic heterocycles. The van der Waals surface area contributed by atoms with Gasteiger partial charge in [-0.2, -0.15) is 0 Å². The average molecular weight is 226 g/mol. The molecule has 0 spiro atoms. The van der Waals surface area contributed by atoms with E-state index < -0.39 is 0 Å². The minimum absolute atomic E-state index is 0.356. The first-order valence-electron chi connectivity index (χ1n) is 5.21. The van der Waals surface area contributed by atoms with Crippen LogP contribution in [0.5, 0.6) is 0 Å². The van der Waals surface area contributed by atoms with Crippen molar-refractivity contribution in [1.82, 2.24) is 4.98 Å². The summed E-state index contributed by atoms with van der Waals surface area (Å²) >= 11 is 0. The van der Waals surface area contributed by atoms with Gasteiger partial charge in [-0.05, 0) is 30.3 Å². The van der Waals surface area contributed by atoms with E-state index in [0.717, 1.165) is 11.3 Å². The predicted octanol–water partition coefficient (Wildman–Crippen LogP) is 2.27. The number of fused-ring (bicyclic) bond motifs is 1. The molecule has 84 valence electrons. The van der Waals surface area contributed by atoms with Crippen LogP contribution in [0, 0.1) is 0 Å². The fourth-order valence-corrected chi connectivity index (χ4v) is 1.84. The maximum absolute atomic E-state index is 11.6. The Labute approximate surface area is 97.7 Å². The summed E-state index contributed by atoms with van der Waals surface area (Å²) in [6.07, 6.45) is 3.60. The van der Waals surface area contributed by atoms with Gasteiger partial charge in [0.1, 0.15) is 5.76 Å². The van der Waals surface area contributed by atoms with E-state index in [0.29, 0.717) is 17.0 Å². The van der Waals surface area contributed by atoms with Crippen LogP contribution in [-0.2, 0) is 4.74 Å². The number of anilines is 1. The number of ether oxygens (including phenoxy) is 1. The lowest BCUT2D eigenvalue weighted by Gasteiger charge is -1.97. The molecule has 0 bridgehead atoms. The van der Waals surface area contributed by atoms with E-state index in [-0.39, 0.29) is 5.97 Å². The van der Waals surface area contributed by atoms with Crippen LogP contribution in [0.25, 0.3) is 11.8 Å². The summed E-state index contributed by atoms with van der Waals surface area (Å²) < 4.78 is 5.21. The fourth-order valence-electron chi connectivity index (χ4n) is 1.84. The predicted molar refractivity (Wildman–Crippen MR) is 64.9 cm³/mol. The number of rotatable bonds is 1. The van der Waals surface area contributed by atoms with Crippen molar-refractivity contribution < 1.29 is 9.53 Å². The lowest BCUT2D eigenvalue weighted by Crippen LogP contribution is -1.94. The van der Waals surface area contributed by atoms with Crippen molar-refractivity contribution in [2.45, 2.75) is 0 Å². The standard InChI is InChI=1S/C13H10N2O2/c14-8-3-4-10-11(6-8)13(16)17-12(10)7-9-2-1-5-15-9/h1-7,15H,14H2/b12-7-. The summed E-state index contributed by atoms with van der Waals surface area (Å²) in [6, 6.07) is 8.96. The van der Waals surface area contributed by atoms with E-state index in [1.54, 1.807) is 24.3 Å². The molecule has 2 aromatic rings. The van der Waals surface area contributed by atoms with E-state index in [9.17, 15) is 4.79 Å². The van der Waals surface area contributed by atoms with Gasteiger partial charge in [0.25, 0.3) is 0 Å². The van der Waals surface area contributed by atoms with Gasteiger partial charge in [-0.1, -0.05) is 0 Å². The van der Waals surface area contributed by atoms with Crippen molar-refractivity contribution in [1.29, 1.82) is 0 Å². The number of esters is 1. The second kappa shape index (κ2) is 3.52. The van der Waals surface area contributed by atoms with Gasteiger partial charge in [0.15, 0.2) is 0 Å². The third kappa shape index (κ3) is 1.59. The third-order valence-corrected chi connectivity index (χ3v) is 2.64. The summed E-state index contributed by atoms with van der Waals surface area (Å²) in [5, 5.41) is 0. The van der Waals surface area contributed by atoms with Gasteiger partial charge < -0.3 is 15.5 Å². The molecular formula is C13H10N2O2. The Morgan fingerprint density at radius 3 is 2.88 bits per heavy atom. The highest BCUT2D eigenvalue weighted by Crippen LogP contribution is 2.32. The van der Waals surface area contributed by atoms with E-state index in [4.69, 9.17) is 10.5 Å². The van der Waals surface area contributed by atoms with Crippen molar-refractivity contribution in [2.75, 3.05) is 5.73 Å². The monoisotopic (exact) mass is 226 g/mol. The molecule has 17 heavy (non-hydrogen) atoms. The van der Waals surface area contributed by atoms with Gasteiger partial charge >= 0.3 is 5.97 Å². The number of hydrogen-bond acceptors (Lipinski definition) is 3. The number of H-pyrrole nitrogens is 1. The molecule has 0 atom stereocenters. The molecule has 3 rings (SSSR count). The molecule has 4 heteroatoms. The number of nitrogens with two attached hydrogens (primary N) is 1. The molecule has 0 radical (unpaired) electrons. The Bertz CT molecular complexity index is 612. The number of nitrogens with one attached hydrogen (secondary N) is 1. The van der Waals surface area contributed by atoms with E-state index in [2.05, 4.69) is 4.98 Å².